The minimum Gasteiger partial charge on any atom is -0.457 e. The average molecular weight is 527 g/mol. The molecule has 10 heteroatoms. The summed E-state index contributed by atoms with van der Waals surface area (Å²) < 4.78 is 11.2. The van der Waals surface area contributed by atoms with E-state index in [4.69, 9.17) is 9.47 Å². The molecule has 200 valence electrons. The Hall–Kier alpha value is -5.12. The first-order valence-electron chi connectivity index (χ1n) is 12.2. The van der Waals surface area contributed by atoms with E-state index < -0.39 is 11.7 Å². The first-order chi connectivity index (χ1) is 18.7. The highest BCUT2D eigenvalue weighted by Crippen LogP contribution is 2.26. The molecule has 0 saturated heterocycles. The summed E-state index contributed by atoms with van der Waals surface area (Å²) in [7, 11) is 1.55. The van der Waals surface area contributed by atoms with Crippen molar-refractivity contribution in [3.8, 4) is 11.5 Å². The second-order valence-electron chi connectivity index (χ2n) is 9.47. The molecule has 39 heavy (non-hydrogen) atoms. The van der Waals surface area contributed by atoms with Crippen molar-refractivity contribution >= 4 is 40.6 Å². The van der Waals surface area contributed by atoms with E-state index in [9.17, 15) is 9.59 Å². The summed E-state index contributed by atoms with van der Waals surface area (Å²) in [6.07, 6.45) is 2.70. The van der Waals surface area contributed by atoms with Crippen molar-refractivity contribution in [2.45, 2.75) is 26.4 Å². The Morgan fingerprint density at radius 1 is 0.744 bits per heavy atom. The fraction of sp³-hybridized carbons (Fsp3) is 0.172. The van der Waals surface area contributed by atoms with Gasteiger partial charge in [0.25, 0.3) is 5.91 Å². The van der Waals surface area contributed by atoms with Gasteiger partial charge in [0.2, 0.25) is 0 Å². The number of nitrogens with one attached hydrogen (secondary N) is 4. The van der Waals surface area contributed by atoms with Crippen LogP contribution in [0.1, 0.15) is 31.3 Å². The first kappa shape index (κ1) is 26.9. The lowest BCUT2D eigenvalue weighted by atomic mass is 10.2. The van der Waals surface area contributed by atoms with Crippen LogP contribution in [0.3, 0.4) is 0 Å². The molecule has 4 aromatic rings. The molecule has 0 bridgehead atoms. The van der Waals surface area contributed by atoms with Crippen LogP contribution in [0.15, 0.2) is 85.2 Å². The lowest BCUT2D eigenvalue weighted by Gasteiger charge is -2.19. The van der Waals surface area contributed by atoms with Gasteiger partial charge >= 0.3 is 6.09 Å². The Labute approximate surface area is 226 Å². The molecule has 0 saturated carbocycles. The molecule has 4 rings (SSSR count). The number of anilines is 5. The molecular weight excluding hydrogens is 496 g/mol. The van der Waals surface area contributed by atoms with E-state index in [1.807, 2.05) is 75.4 Å². The zero-order chi connectivity index (χ0) is 27.8. The predicted octanol–water partition coefficient (Wildman–Crippen LogP) is 6.46. The van der Waals surface area contributed by atoms with Gasteiger partial charge in [-0.2, -0.15) is 0 Å². The van der Waals surface area contributed by atoms with Crippen LogP contribution in [0, 0.1) is 0 Å². The van der Waals surface area contributed by atoms with Crippen molar-refractivity contribution in [2.24, 2.45) is 0 Å². The second kappa shape index (κ2) is 12.0. The molecule has 2 aromatic heterocycles. The highest BCUT2D eigenvalue weighted by atomic mass is 16.6. The standard InChI is InChI=1S/C29H30N6O4/c1-29(2,3)39-28(37)35-21-7-5-6-20(16-21)33-22-12-14-32-26(17-22)34-19-8-10-23(11-9-19)38-24-13-15-31-25(18-24)27(36)30-4/h5-18H,1-4H3,(H,30,36)(H,35,37)(H2,32,33,34). The number of aromatic nitrogens is 2. The van der Waals surface area contributed by atoms with E-state index in [0.29, 0.717) is 23.0 Å². The van der Waals surface area contributed by atoms with Gasteiger partial charge in [0.05, 0.1) is 0 Å². The van der Waals surface area contributed by atoms with E-state index in [0.717, 1.165) is 17.1 Å². The Morgan fingerprint density at radius 3 is 2.21 bits per heavy atom. The van der Waals surface area contributed by atoms with Crippen LogP contribution in [-0.2, 0) is 4.74 Å². The van der Waals surface area contributed by atoms with E-state index in [1.165, 1.54) is 6.20 Å². The van der Waals surface area contributed by atoms with Crippen molar-refractivity contribution in [1.82, 2.24) is 15.3 Å². The fourth-order valence-electron chi connectivity index (χ4n) is 3.46. The van der Waals surface area contributed by atoms with Gasteiger partial charge in [0.15, 0.2) is 0 Å². The number of carbonyl (C=O) groups is 2. The number of carbonyl (C=O) groups excluding carboxylic acids is 2. The molecule has 2 amide bonds. The molecule has 0 aliphatic carbocycles. The summed E-state index contributed by atoms with van der Waals surface area (Å²) in [4.78, 5) is 32.3. The maximum Gasteiger partial charge on any atom is 0.412 e. The number of hydrogen-bond acceptors (Lipinski definition) is 8. The molecule has 2 heterocycles. The average Bonchev–Trinajstić information content (AvgIpc) is 2.89. The van der Waals surface area contributed by atoms with Crippen molar-refractivity contribution in [1.29, 1.82) is 0 Å². The second-order valence-corrected chi connectivity index (χ2v) is 9.47. The minimum absolute atomic E-state index is 0.277. The van der Waals surface area contributed by atoms with Crippen LogP contribution in [0.2, 0.25) is 0 Å². The van der Waals surface area contributed by atoms with Crippen LogP contribution in [0.4, 0.5) is 33.4 Å². The summed E-state index contributed by atoms with van der Waals surface area (Å²) in [5.74, 6) is 1.48. The first-order valence-corrected chi connectivity index (χ1v) is 12.2. The van der Waals surface area contributed by atoms with Crippen LogP contribution < -0.4 is 26.0 Å². The smallest absolute Gasteiger partial charge is 0.412 e. The molecule has 0 aliphatic heterocycles. The molecule has 10 nitrogen and oxygen atoms in total. The highest BCUT2D eigenvalue weighted by molar-refractivity contribution is 5.92. The fourth-order valence-corrected chi connectivity index (χ4v) is 3.46. The van der Waals surface area contributed by atoms with E-state index in [2.05, 4.69) is 31.2 Å². The molecule has 0 fully saturated rings. The maximum atomic E-state index is 12.1. The number of benzene rings is 2. The van der Waals surface area contributed by atoms with Gasteiger partial charge in [-0.1, -0.05) is 6.07 Å². The topological polar surface area (TPSA) is 127 Å². The zero-order valence-corrected chi connectivity index (χ0v) is 22.1. The number of pyridine rings is 2. The summed E-state index contributed by atoms with van der Waals surface area (Å²) in [6, 6.07) is 21.7. The lowest BCUT2D eigenvalue weighted by Crippen LogP contribution is -2.27. The summed E-state index contributed by atoms with van der Waals surface area (Å²) in [6.45, 7) is 5.44. The van der Waals surface area contributed by atoms with Crippen molar-refractivity contribution in [3.05, 3.63) is 90.9 Å². The van der Waals surface area contributed by atoms with E-state index >= 15 is 0 Å². The monoisotopic (exact) mass is 526 g/mol. The summed E-state index contributed by atoms with van der Waals surface area (Å²) in [5.41, 5.74) is 2.73. The molecule has 0 atom stereocenters. The van der Waals surface area contributed by atoms with Gasteiger partial charge < -0.3 is 25.4 Å². The molecule has 0 spiro atoms. The van der Waals surface area contributed by atoms with Crippen LogP contribution in [0.5, 0.6) is 11.5 Å². The molecule has 0 aliphatic rings. The Balaban J connectivity index is 1.37. The van der Waals surface area contributed by atoms with E-state index in [1.54, 1.807) is 31.4 Å². The molecule has 2 aromatic carbocycles. The molecular formula is C29H30N6O4. The van der Waals surface area contributed by atoms with Gasteiger partial charge in [-0.25, -0.2) is 9.78 Å². The third-order valence-corrected chi connectivity index (χ3v) is 5.11. The van der Waals surface area contributed by atoms with Crippen molar-refractivity contribution in [2.75, 3.05) is 23.0 Å². The van der Waals surface area contributed by atoms with Crippen molar-refractivity contribution in [3.63, 3.8) is 0 Å². The SMILES string of the molecule is CNC(=O)c1cc(Oc2ccc(Nc3cc(Nc4cccc(NC(=O)OC(C)(C)C)c4)ccn3)cc2)ccn1. The van der Waals surface area contributed by atoms with Crippen molar-refractivity contribution < 1.29 is 19.1 Å². The number of rotatable bonds is 8. The van der Waals surface area contributed by atoms with Gasteiger partial charge in [0, 0.05) is 54.3 Å². The zero-order valence-electron chi connectivity index (χ0n) is 22.1. The number of ether oxygens (including phenoxy) is 2. The highest BCUT2D eigenvalue weighted by Gasteiger charge is 2.16. The normalized spacial score (nSPS) is 10.8. The number of amides is 2. The summed E-state index contributed by atoms with van der Waals surface area (Å²) in [5, 5.41) is 11.9. The molecule has 4 N–H and O–H groups in total. The van der Waals surface area contributed by atoms with Gasteiger partial charge in [-0.15, -0.1) is 0 Å². The van der Waals surface area contributed by atoms with Crippen LogP contribution in [0.25, 0.3) is 0 Å². The molecule has 0 radical (unpaired) electrons. The van der Waals surface area contributed by atoms with Gasteiger partial charge in [-0.3, -0.25) is 15.1 Å². The maximum absolute atomic E-state index is 12.1. The number of nitrogens with zero attached hydrogens (tertiary/aromatic N) is 2. The van der Waals surface area contributed by atoms with Crippen LogP contribution in [-0.4, -0.2) is 34.6 Å². The summed E-state index contributed by atoms with van der Waals surface area (Å²) >= 11 is 0. The number of hydrogen-bond donors (Lipinski definition) is 4. The third kappa shape index (κ3) is 8.19. The van der Waals surface area contributed by atoms with E-state index in [-0.39, 0.29) is 11.6 Å². The van der Waals surface area contributed by atoms with Gasteiger partial charge in [0.1, 0.15) is 28.6 Å². The molecule has 0 unspecified atom stereocenters. The Morgan fingerprint density at radius 2 is 1.46 bits per heavy atom. The quantitative estimate of drug-likeness (QED) is 0.206. The Bertz CT molecular complexity index is 1450. The minimum atomic E-state index is -0.578. The largest absolute Gasteiger partial charge is 0.457 e. The lowest BCUT2D eigenvalue weighted by molar-refractivity contribution is 0.0635. The van der Waals surface area contributed by atoms with Crippen LogP contribution >= 0.6 is 0 Å². The predicted molar refractivity (Wildman–Crippen MR) is 151 cm³/mol. The van der Waals surface area contributed by atoms with Gasteiger partial charge in [-0.05, 0) is 75.4 Å². The third-order valence-electron chi connectivity index (χ3n) is 5.11. The Kier molecular flexibility index (Phi) is 8.25.